The number of carbonyl (C=O) groups excluding carboxylic acids is 1. The first-order valence-corrected chi connectivity index (χ1v) is 7.66. The van der Waals surface area contributed by atoms with Gasteiger partial charge in [0.25, 0.3) is 5.91 Å². The van der Waals surface area contributed by atoms with Crippen molar-refractivity contribution in [3.63, 3.8) is 0 Å². The molecule has 0 atom stereocenters. The van der Waals surface area contributed by atoms with Crippen LogP contribution in [0.5, 0.6) is 5.75 Å². The van der Waals surface area contributed by atoms with Gasteiger partial charge in [-0.05, 0) is 44.2 Å². The summed E-state index contributed by atoms with van der Waals surface area (Å²) < 4.78 is 6.40. The molecule has 1 N–H and O–H groups in total. The molecule has 2 aromatic carbocycles. The maximum Gasteiger partial charge on any atom is 0.257 e. The van der Waals surface area contributed by atoms with Gasteiger partial charge in [-0.3, -0.25) is 4.79 Å². The fraction of sp³-hybridized carbons (Fsp3) is 0.188. The molecule has 1 amide bonds. The van der Waals surface area contributed by atoms with Gasteiger partial charge in [-0.1, -0.05) is 33.6 Å². The monoisotopic (exact) mass is 367 g/mol. The van der Waals surface area contributed by atoms with Crippen molar-refractivity contribution in [1.29, 1.82) is 0 Å². The molecule has 0 bridgehead atoms. The summed E-state index contributed by atoms with van der Waals surface area (Å²) in [4.78, 5) is 12.3. The molecule has 0 heterocycles. The molecule has 0 unspecified atom stereocenters. The van der Waals surface area contributed by atoms with Crippen LogP contribution in [0.15, 0.2) is 46.9 Å². The minimum atomic E-state index is -0.261. The Morgan fingerprint density at radius 1 is 1.24 bits per heavy atom. The van der Waals surface area contributed by atoms with Gasteiger partial charge in [-0.15, -0.1) is 0 Å². The Hall–Kier alpha value is -1.52. The van der Waals surface area contributed by atoms with Crippen LogP contribution in [0.2, 0.25) is 5.02 Å². The first kappa shape index (κ1) is 15.9. The quantitative estimate of drug-likeness (QED) is 0.811. The topological polar surface area (TPSA) is 38.3 Å². The Labute approximate surface area is 137 Å². The van der Waals surface area contributed by atoms with E-state index in [1.54, 1.807) is 30.3 Å². The van der Waals surface area contributed by atoms with E-state index in [9.17, 15) is 4.79 Å². The van der Waals surface area contributed by atoms with E-state index in [1.165, 1.54) is 0 Å². The molecule has 21 heavy (non-hydrogen) atoms. The third-order valence-electron chi connectivity index (χ3n) is 2.64. The molecule has 0 saturated carbocycles. The number of ether oxygens (including phenoxy) is 1. The van der Waals surface area contributed by atoms with Gasteiger partial charge in [0.2, 0.25) is 0 Å². The predicted octanol–water partition coefficient (Wildman–Crippen LogP) is 5.14. The van der Waals surface area contributed by atoms with E-state index in [-0.39, 0.29) is 12.0 Å². The largest absolute Gasteiger partial charge is 0.491 e. The van der Waals surface area contributed by atoms with Crippen molar-refractivity contribution in [2.24, 2.45) is 0 Å². The minimum Gasteiger partial charge on any atom is -0.491 e. The number of nitrogens with one attached hydrogen (secondary N) is 1. The molecule has 0 fully saturated rings. The van der Waals surface area contributed by atoms with Crippen molar-refractivity contribution in [2.45, 2.75) is 20.0 Å². The van der Waals surface area contributed by atoms with Crippen molar-refractivity contribution in [1.82, 2.24) is 0 Å². The summed E-state index contributed by atoms with van der Waals surface area (Å²) in [7, 11) is 0. The summed E-state index contributed by atoms with van der Waals surface area (Å²) in [5, 5.41) is 3.22. The maximum absolute atomic E-state index is 12.3. The van der Waals surface area contributed by atoms with Crippen LogP contribution < -0.4 is 10.1 Å². The van der Waals surface area contributed by atoms with Crippen LogP contribution in [0.4, 0.5) is 5.69 Å². The van der Waals surface area contributed by atoms with E-state index < -0.39 is 0 Å². The molecule has 0 aliphatic heterocycles. The van der Waals surface area contributed by atoms with E-state index in [4.69, 9.17) is 16.3 Å². The Morgan fingerprint density at radius 2 is 2.00 bits per heavy atom. The normalized spacial score (nSPS) is 10.5. The lowest BCUT2D eigenvalue weighted by Crippen LogP contribution is -2.13. The van der Waals surface area contributed by atoms with Crippen LogP contribution in [0.3, 0.4) is 0 Å². The molecular weight excluding hydrogens is 354 g/mol. The summed E-state index contributed by atoms with van der Waals surface area (Å²) in [5.74, 6) is 0.450. The van der Waals surface area contributed by atoms with Crippen LogP contribution in [-0.2, 0) is 0 Å². The molecule has 0 spiro atoms. The van der Waals surface area contributed by atoms with E-state index in [2.05, 4.69) is 21.2 Å². The molecule has 0 aliphatic carbocycles. The molecule has 0 radical (unpaired) electrons. The lowest BCUT2D eigenvalue weighted by Gasteiger charge is -2.12. The molecule has 110 valence electrons. The SMILES string of the molecule is CC(C)Oc1cccc(NC(=O)c2cc(Br)ccc2Cl)c1. The van der Waals surface area contributed by atoms with Crippen molar-refractivity contribution >= 4 is 39.1 Å². The number of rotatable bonds is 4. The number of anilines is 1. The van der Waals surface area contributed by atoms with Crippen LogP contribution in [0, 0.1) is 0 Å². The molecule has 5 heteroatoms. The summed E-state index contributed by atoms with van der Waals surface area (Å²) in [6, 6.07) is 12.4. The van der Waals surface area contributed by atoms with Crippen molar-refractivity contribution in [3.8, 4) is 5.75 Å². The molecule has 2 rings (SSSR count). The van der Waals surface area contributed by atoms with Gasteiger partial charge >= 0.3 is 0 Å². The van der Waals surface area contributed by atoms with Gasteiger partial charge in [-0.2, -0.15) is 0 Å². The summed E-state index contributed by atoms with van der Waals surface area (Å²) in [6.45, 7) is 3.90. The highest BCUT2D eigenvalue weighted by Gasteiger charge is 2.11. The molecule has 3 nitrogen and oxygen atoms in total. The number of amides is 1. The number of hydrogen-bond acceptors (Lipinski definition) is 2. The highest BCUT2D eigenvalue weighted by atomic mass is 79.9. The van der Waals surface area contributed by atoms with Gasteiger partial charge in [0.1, 0.15) is 5.75 Å². The summed E-state index contributed by atoms with van der Waals surface area (Å²) in [5.41, 5.74) is 1.08. The van der Waals surface area contributed by atoms with Crippen LogP contribution in [-0.4, -0.2) is 12.0 Å². The summed E-state index contributed by atoms with van der Waals surface area (Å²) in [6.07, 6.45) is 0.0791. The number of carbonyl (C=O) groups is 1. The molecule has 2 aromatic rings. The lowest BCUT2D eigenvalue weighted by molar-refractivity contribution is 0.102. The molecule has 0 aromatic heterocycles. The van der Waals surface area contributed by atoms with Crippen LogP contribution in [0.25, 0.3) is 0 Å². The van der Waals surface area contributed by atoms with E-state index in [1.807, 2.05) is 26.0 Å². The zero-order chi connectivity index (χ0) is 15.4. The second kappa shape index (κ2) is 6.96. The highest BCUT2D eigenvalue weighted by molar-refractivity contribution is 9.10. The minimum absolute atomic E-state index is 0.0791. The molecule has 0 saturated heterocycles. The Bertz CT molecular complexity index is 658. The average molecular weight is 369 g/mol. The van der Waals surface area contributed by atoms with Crippen LogP contribution >= 0.6 is 27.5 Å². The Kier molecular flexibility index (Phi) is 5.26. The first-order chi connectivity index (χ1) is 9.95. The number of hydrogen-bond donors (Lipinski definition) is 1. The van der Waals surface area contributed by atoms with E-state index in [0.29, 0.717) is 22.0 Å². The van der Waals surface area contributed by atoms with Gasteiger partial charge in [0, 0.05) is 16.2 Å². The Balaban J connectivity index is 2.17. The maximum atomic E-state index is 12.3. The lowest BCUT2D eigenvalue weighted by atomic mass is 10.2. The van der Waals surface area contributed by atoms with Gasteiger partial charge in [-0.25, -0.2) is 0 Å². The van der Waals surface area contributed by atoms with Crippen molar-refractivity contribution < 1.29 is 9.53 Å². The number of halogens is 2. The zero-order valence-corrected chi connectivity index (χ0v) is 14.0. The fourth-order valence-electron chi connectivity index (χ4n) is 1.79. The second-order valence-corrected chi connectivity index (χ2v) is 6.10. The zero-order valence-electron chi connectivity index (χ0n) is 11.7. The molecule has 0 aliphatic rings. The standard InChI is InChI=1S/C16H15BrClNO2/c1-10(2)21-13-5-3-4-12(9-13)19-16(20)14-8-11(17)6-7-15(14)18/h3-10H,1-2H3,(H,19,20). The van der Waals surface area contributed by atoms with Gasteiger partial charge in [0.05, 0.1) is 16.7 Å². The van der Waals surface area contributed by atoms with Crippen molar-refractivity contribution in [2.75, 3.05) is 5.32 Å². The van der Waals surface area contributed by atoms with Crippen LogP contribution in [0.1, 0.15) is 24.2 Å². The third kappa shape index (κ3) is 4.48. The predicted molar refractivity (Wildman–Crippen MR) is 89.3 cm³/mol. The van der Waals surface area contributed by atoms with Crippen molar-refractivity contribution in [3.05, 3.63) is 57.5 Å². The van der Waals surface area contributed by atoms with E-state index >= 15 is 0 Å². The van der Waals surface area contributed by atoms with Gasteiger partial charge < -0.3 is 10.1 Å². The molecular formula is C16H15BrClNO2. The Morgan fingerprint density at radius 3 is 2.71 bits per heavy atom. The second-order valence-electron chi connectivity index (χ2n) is 4.77. The smallest absolute Gasteiger partial charge is 0.257 e. The average Bonchev–Trinajstić information content (AvgIpc) is 2.41. The fourth-order valence-corrected chi connectivity index (χ4v) is 2.35. The highest BCUT2D eigenvalue weighted by Crippen LogP contribution is 2.23. The van der Waals surface area contributed by atoms with E-state index in [0.717, 1.165) is 4.47 Å². The summed E-state index contributed by atoms with van der Waals surface area (Å²) >= 11 is 9.38. The number of benzene rings is 2. The first-order valence-electron chi connectivity index (χ1n) is 6.49. The third-order valence-corrected chi connectivity index (χ3v) is 3.46. The van der Waals surface area contributed by atoms with Gasteiger partial charge in [0.15, 0.2) is 0 Å².